The Bertz CT molecular complexity index is 596. The molecule has 0 aliphatic carbocycles. The lowest BCUT2D eigenvalue weighted by Gasteiger charge is -2.27. The largest absolute Gasteiger partial charge is 0.493 e. The molecule has 1 aliphatic heterocycles. The number of hydrogen-bond donors (Lipinski definition) is 3. The molecule has 27 heavy (non-hydrogen) atoms. The minimum absolute atomic E-state index is 0. The van der Waals surface area contributed by atoms with Gasteiger partial charge in [-0.2, -0.15) is 0 Å². The first-order chi connectivity index (χ1) is 12.6. The minimum atomic E-state index is 0. The molecular weight excluding hydrogens is 481 g/mol. The van der Waals surface area contributed by atoms with Crippen LogP contribution in [0, 0.1) is 12.3 Å². The first-order valence-corrected chi connectivity index (χ1v) is 9.48. The minimum Gasteiger partial charge on any atom is -0.493 e. The number of aliphatic hydroxyl groups excluding tert-OH is 1. The molecule has 1 aromatic rings. The summed E-state index contributed by atoms with van der Waals surface area (Å²) in [7, 11) is 1.76. The van der Waals surface area contributed by atoms with Crippen molar-refractivity contribution in [1.82, 2.24) is 10.6 Å². The average molecular weight is 512 g/mol. The molecule has 1 heterocycles. The van der Waals surface area contributed by atoms with Crippen molar-refractivity contribution in [2.75, 3.05) is 46.6 Å². The highest BCUT2D eigenvalue weighted by molar-refractivity contribution is 14.0. The summed E-state index contributed by atoms with van der Waals surface area (Å²) in [5.74, 6) is 1.63. The Labute approximate surface area is 184 Å². The zero-order valence-electron chi connectivity index (χ0n) is 16.1. The van der Waals surface area contributed by atoms with E-state index in [1.54, 1.807) is 7.05 Å². The first-order valence-electron chi connectivity index (χ1n) is 9.11. The topological polar surface area (TPSA) is 75.1 Å². The molecule has 1 atom stereocenters. The van der Waals surface area contributed by atoms with Crippen molar-refractivity contribution in [3.05, 3.63) is 28.8 Å². The second-order valence-electron chi connectivity index (χ2n) is 6.74. The summed E-state index contributed by atoms with van der Waals surface area (Å²) in [5.41, 5.74) is 1.04. The summed E-state index contributed by atoms with van der Waals surface area (Å²) >= 11 is 5.95. The van der Waals surface area contributed by atoms with Crippen molar-refractivity contribution in [1.29, 1.82) is 0 Å². The number of nitrogens with one attached hydrogen (secondary N) is 2. The smallest absolute Gasteiger partial charge is 0.191 e. The summed E-state index contributed by atoms with van der Waals surface area (Å²) in [6.45, 7) is 5.73. The maximum absolute atomic E-state index is 9.29. The van der Waals surface area contributed by atoms with Gasteiger partial charge in [0, 0.05) is 43.8 Å². The van der Waals surface area contributed by atoms with E-state index in [2.05, 4.69) is 15.6 Å². The van der Waals surface area contributed by atoms with E-state index >= 15 is 0 Å². The molecule has 0 spiro atoms. The highest BCUT2D eigenvalue weighted by Crippen LogP contribution is 2.31. The van der Waals surface area contributed by atoms with E-state index in [0.29, 0.717) is 13.2 Å². The van der Waals surface area contributed by atoms with Crippen LogP contribution in [-0.4, -0.2) is 57.6 Å². The predicted octanol–water partition coefficient (Wildman–Crippen LogP) is 2.99. The number of aliphatic hydroxyl groups is 1. The summed E-state index contributed by atoms with van der Waals surface area (Å²) in [4.78, 5) is 4.26. The number of ether oxygens (including phenoxy) is 2. The van der Waals surface area contributed by atoms with Gasteiger partial charge in [0.15, 0.2) is 5.96 Å². The van der Waals surface area contributed by atoms with E-state index in [1.165, 1.54) is 0 Å². The van der Waals surface area contributed by atoms with Crippen molar-refractivity contribution >= 4 is 41.5 Å². The quantitative estimate of drug-likeness (QED) is 0.206. The lowest BCUT2D eigenvalue weighted by molar-refractivity contribution is 0.127. The summed E-state index contributed by atoms with van der Waals surface area (Å²) < 4.78 is 11.3. The molecule has 2 rings (SSSR count). The highest BCUT2D eigenvalue weighted by atomic mass is 127. The van der Waals surface area contributed by atoms with Crippen LogP contribution in [0.2, 0.25) is 5.02 Å². The second kappa shape index (κ2) is 12.6. The summed E-state index contributed by atoms with van der Waals surface area (Å²) in [6.07, 6.45) is 2.56. The van der Waals surface area contributed by atoms with E-state index in [-0.39, 0.29) is 36.0 Å². The lowest BCUT2D eigenvalue weighted by atomic mass is 9.84. The first kappa shape index (κ1) is 24.3. The molecule has 1 aliphatic rings. The van der Waals surface area contributed by atoms with Gasteiger partial charge < -0.3 is 25.2 Å². The van der Waals surface area contributed by atoms with Gasteiger partial charge in [-0.15, -0.1) is 24.0 Å². The van der Waals surface area contributed by atoms with Gasteiger partial charge in [-0.3, -0.25) is 4.99 Å². The molecule has 0 aromatic heterocycles. The Kier molecular flexibility index (Phi) is 11.4. The van der Waals surface area contributed by atoms with E-state index in [0.717, 1.165) is 61.3 Å². The van der Waals surface area contributed by atoms with Crippen LogP contribution in [-0.2, 0) is 4.74 Å². The fourth-order valence-corrected chi connectivity index (χ4v) is 3.27. The van der Waals surface area contributed by atoms with Crippen molar-refractivity contribution in [2.24, 2.45) is 10.4 Å². The Balaban J connectivity index is 0.00000364. The zero-order chi connectivity index (χ0) is 18.8. The molecule has 8 heteroatoms. The van der Waals surface area contributed by atoms with Crippen LogP contribution in [0.5, 0.6) is 5.75 Å². The molecule has 1 aromatic carbocycles. The summed E-state index contributed by atoms with van der Waals surface area (Å²) in [5, 5.41) is 16.7. The SMILES string of the molecule is CN=C(NCCCOc1ccc(Cl)cc1C)NCC1(CCO)CCOC1.I. The number of halogens is 2. The third-order valence-electron chi connectivity index (χ3n) is 4.69. The van der Waals surface area contributed by atoms with Gasteiger partial charge >= 0.3 is 0 Å². The van der Waals surface area contributed by atoms with Crippen molar-refractivity contribution in [3.8, 4) is 5.75 Å². The average Bonchev–Trinajstić information content (AvgIpc) is 3.08. The molecule has 3 N–H and O–H groups in total. The maximum Gasteiger partial charge on any atom is 0.191 e. The van der Waals surface area contributed by atoms with Crippen LogP contribution < -0.4 is 15.4 Å². The number of aryl methyl sites for hydroxylation is 1. The molecular formula is C19H31ClIN3O3. The Morgan fingerprint density at radius 1 is 1.41 bits per heavy atom. The van der Waals surface area contributed by atoms with Gasteiger partial charge in [-0.1, -0.05) is 11.6 Å². The molecule has 1 fully saturated rings. The van der Waals surface area contributed by atoms with Gasteiger partial charge in [-0.25, -0.2) is 0 Å². The monoisotopic (exact) mass is 511 g/mol. The van der Waals surface area contributed by atoms with Crippen molar-refractivity contribution in [3.63, 3.8) is 0 Å². The fourth-order valence-electron chi connectivity index (χ4n) is 3.04. The number of nitrogens with zero attached hydrogens (tertiary/aromatic N) is 1. The molecule has 1 unspecified atom stereocenters. The van der Waals surface area contributed by atoms with Crippen LogP contribution in [0.3, 0.4) is 0 Å². The van der Waals surface area contributed by atoms with Gasteiger partial charge in [-0.05, 0) is 49.9 Å². The molecule has 0 amide bonds. The van der Waals surface area contributed by atoms with Gasteiger partial charge in [0.05, 0.1) is 13.2 Å². The third-order valence-corrected chi connectivity index (χ3v) is 4.92. The highest BCUT2D eigenvalue weighted by Gasteiger charge is 2.34. The molecule has 6 nitrogen and oxygen atoms in total. The normalized spacial score (nSPS) is 19.5. The number of aliphatic imine (C=N–C) groups is 1. The third kappa shape index (κ3) is 8.01. The Morgan fingerprint density at radius 2 is 2.22 bits per heavy atom. The van der Waals surface area contributed by atoms with Gasteiger partial charge in [0.2, 0.25) is 0 Å². The van der Waals surface area contributed by atoms with Crippen molar-refractivity contribution in [2.45, 2.75) is 26.2 Å². The van der Waals surface area contributed by atoms with Crippen molar-refractivity contribution < 1.29 is 14.6 Å². The standard InChI is InChI=1S/C19H30ClN3O3.HI/c1-15-12-16(20)4-5-17(15)26-10-3-8-22-18(21-2)23-13-19(6-9-24)7-11-25-14-19;/h4-5,12,24H,3,6-11,13-14H2,1-2H3,(H2,21,22,23);1H. The number of guanidine groups is 1. The Morgan fingerprint density at radius 3 is 2.85 bits per heavy atom. The number of rotatable bonds is 9. The molecule has 0 radical (unpaired) electrons. The molecule has 0 saturated carbocycles. The molecule has 0 bridgehead atoms. The summed E-state index contributed by atoms with van der Waals surface area (Å²) in [6, 6.07) is 5.63. The molecule has 1 saturated heterocycles. The van der Waals surface area contributed by atoms with Crippen LogP contribution in [0.15, 0.2) is 23.2 Å². The number of benzene rings is 1. The zero-order valence-corrected chi connectivity index (χ0v) is 19.2. The van der Waals surface area contributed by atoms with E-state index in [1.807, 2.05) is 25.1 Å². The van der Waals surface area contributed by atoms with Crippen LogP contribution in [0.25, 0.3) is 0 Å². The van der Waals surface area contributed by atoms with E-state index in [9.17, 15) is 5.11 Å². The number of hydrogen-bond acceptors (Lipinski definition) is 4. The lowest BCUT2D eigenvalue weighted by Crippen LogP contribution is -2.44. The van der Waals surface area contributed by atoms with E-state index < -0.39 is 0 Å². The molecule has 154 valence electrons. The van der Waals surface area contributed by atoms with Crippen LogP contribution in [0.4, 0.5) is 0 Å². The van der Waals surface area contributed by atoms with E-state index in [4.69, 9.17) is 21.1 Å². The van der Waals surface area contributed by atoms with Gasteiger partial charge in [0.1, 0.15) is 5.75 Å². The second-order valence-corrected chi connectivity index (χ2v) is 7.18. The maximum atomic E-state index is 9.29. The van der Waals surface area contributed by atoms with Crippen LogP contribution >= 0.6 is 35.6 Å². The Hall–Kier alpha value is -0.770. The fraction of sp³-hybridized carbons (Fsp3) is 0.632. The van der Waals surface area contributed by atoms with Crippen LogP contribution in [0.1, 0.15) is 24.8 Å². The predicted molar refractivity (Wildman–Crippen MR) is 121 cm³/mol. The van der Waals surface area contributed by atoms with Gasteiger partial charge in [0.25, 0.3) is 0 Å².